The van der Waals surface area contributed by atoms with Gasteiger partial charge in [0.15, 0.2) is 0 Å². The number of nitrogens with zero attached hydrogens (tertiary/aromatic N) is 2. The van der Waals surface area contributed by atoms with Crippen molar-refractivity contribution in [1.82, 2.24) is 4.57 Å². The van der Waals surface area contributed by atoms with Crippen molar-refractivity contribution in [2.45, 2.75) is 41.5 Å². The van der Waals surface area contributed by atoms with Crippen LogP contribution in [0.1, 0.15) is 48.9 Å². The number of hydrogen-bond acceptors (Lipinski definition) is 5. The Morgan fingerprint density at radius 2 is 1.82 bits per heavy atom. The van der Waals surface area contributed by atoms with E-state index in [1.165, 1.54) is 18.4 Å². The predicted octanol–water partition coefficient (Wildman–Crippen LogP) is 5.72. The minimum atomic E-state index is -0.464. The number of methoxy groups -OCH3 is 1. The Hall–Kier alpha value is -3.63. The zero-order valence-electron chi connectivity index (χ0n) is 19.9. The lowest BCUT2D eigenvalue weighted by atomic mass is 10.1. The van der Waals surface area contributed by atoms with Crippen molar-refractivity contribution in [3.05, 3.63) is 73.9 Å². The number of esters is 1. The van der Waals surface area contributed by atoms with Gasteiger partial charge in [0.1, 0.15) is 16.6 Å². The van der Waals surface area contributed by atoms with E-state index in [1.807, 2.05) is 76.4 Å². The summed E-state index contributed by atoms with van der Waals surface area (Å²) in [7, 11) is 1.37. The number of thiophene rings is 1. The Labute approximate surface area is 198 Å². The molecule has 0 atom stereocenters. The van der Waals surface area contributed by atoms with Crippen LogP contribution in [-0.2, 0) is 9.53 Å². The molecule has 1 aromatic carbocycles. The minimum absolute atomic E-state index is 0.00267. The van der Waals surface area contributed by atoms with Gasteiger partial charge in [0.25, 0.3) is 5.91 Å². The Balaban J connectivity index is 2.04. The van der Waals surface area contributed by atoms with Gasteiger partial charge in [0, 0.05) is 22.0 Å². The van der Waals surface area contributed by atoms with Crippen LogP contribution in [0.25, 0.3) is 11.1 Å². The molecule has 0 unspecified atom stereocenters. The molecular formula is C26H27N3O3S. The highest BCUT2D eigenvalue weighted by Crippen LogP contribution is 2.35. The second-order valence-corrected chi connectivity index (χ2v) is 9.19. The van der Waals surface area contributed by atoms with Crippen molar-refractivity contribution in [2.24, 2.45) is 0 Å². The summed E-state index contributed by atoms with van der Waals surface area (Å²) in [4.78, 5) is 26.3. The summed E-state index contributed by atoms with van der Waals surface area (Å²) in [5.41, 5.74) is 6.56. The molecular weight excluding hydrogens is 434 g/mol. The molecule has 1 N–H and O–H groups in total. The maximum Gasteiger partial charge on any atom is 0.341 e. The van der Waals surface area contributed by atoms with Crippen molar-refractivity contribution >= 4 is 35.0 Å². The molecule has 0 fully saturated rings. The van der Waals surface area contributed by atoms with Crippen molar-refractivity contribution in [1.29, 1.82) is 5.26 Å². The van der Waals surface area contributed by atoms with Gasteiger partial charge in [-0.25, -0.2) is 4.79 Å². The first-order chi connectivity index (χ1) is 15.6. The zero-order chi connectivity index (χ0) is 24.4. The van der Waals surface area contributed by atoms with Crippen LogP contribution in [0.15, 0.2) is 29.8 Å². The third kappa shape index (κ3) is 4.48. The van der Waals surface area contributed by atoms with Crippen LogP contribution in [0, 0.1) is 52.9 Å². The smallest absolute Gasteiger partial charge is 0.341 e. The van der Waals surface area contributed by atoms with Crippen molar-refractivity contribution < 1.29 is 14.3 Å². The maximum atomic E-state index is 12.8. The Morgan fingerprint density at radius 3 is 2.45 bits per heavy atom. The van der Waals surface area contributed by atoms with Crippen LogP contribution in [0.5, 0.6) is 0 Å². The molecule has 33 heavy (non-hydrogen) atoms. The number of nitriles is 1. The first kappa shape index (κ1) is 24.0. The number of carbonyl (C=O) groups is 2. The number of amides is 1. The molecule has 6 nitrogen and oxygen atoms in total. The number of benzene rings is 1. The zero-order valence-corrected chi connectivity index (χ0v) is 20.7. The first-order valence-electron chi connectivity index (χ1n) is 10.5. The molecule has 2 heterocycles. The molecule has 0 aliphatic carbocycles. The summed E-state index contributed by atoms with van der Waals surface area (Å²) >= 11 is 1.51. The lowest BCUT2D eigenvalue weighted by molar-refractivity contribution is -0.112. The Kier molecular flexibility index (Phi) is 6.89. The quantitative estimate of drug-likeness (QED) is 0.299. The van der Waals surface area contributed by atoms with E-state index in [0.717, 1.165) is 43.5 Å². The Morgan fingerprint density at radius 1 is 1.12 bits per heavy atom. The predicted molar refractivity (Wildman–Crippen MR) is 132 cm³/mol. The fourth-order valence-corrected chi connectivity index (χ4v) is 4.99. The van der Waals surface area contributed by atoms with E-state index in [0.29, 0.717) is 11.3 Å². The van der Waals surface area contributed by atoms with Crippen LogP contribution in [-0.4, -0.2) is 23.6 Å². The van der Waals surface area contributed by atoms with E-state index in [-0.39, 0.29) is 11.5 Å². The number of carbonyl (C=O) groups excluding carboxylic acids is 2. The second kappa shape index (κ2) is 9.47. The average Bonchev–Trinajstić information content (AvgIpc) is 3.22. The lowest BCUT2D eigenvalue weighted by Gasteiger charge is -2.11. The fraction of sp³-hybridized carbons (Fsp3) is 0.269. The third-order valence-electron chi connectivity index (χ3n) is 5.95. The van der Waals surface area contributed by atoms with Crippen molar-refractivity contribution in [2.75, 3.05) is 12.4 Å². The largest absolute Gasteiger partial charge is 0.465 e. The van der Waals surface area contributed by atoms with Gasteiger partial charge >= 0.3 is 5.97 Å². The molecule has 0 radical (unpaired) electrons. The monoisotopic (exact) mass is 461 g/mol. The molecule has 0 saturated heterocycles. The molecule has 0 spiro atoms. The first-order valence-corrected chi connectivity index (χ1v) is 11.3. The van der Waals surface area contributed by atoms with E-state index >= 15 is 0 Å². The molecule has 0 saturated carbocycles. The van der Waals surface area contributed by atoms with Gasteiger partial charge in [-0.05, 0) is 82.0 Å². The number of nitrogens with one attached hydrogen (secondary N) is 1. The van der Waals surface area contributed by atoms with Gasteiger partial charge in [-0.1, -0.05) is 12.1 Å². The van der Waals surface area contributed by atoms with E-state index in [1.54, 1.807) is 6.08 Å². The van der Waals surface area contributed by atoms with Crippen molar-refractivity contribution in [3.8, 4) is 11.1 Å². The van der Waals surface area contributed by atoms with Crippen LogP contribution < -0.4 is 5.32 Å². The summed E-state index contributed by atoms with van der Waals surface area (Å²) in [6, 6.07) is 9.58. The summed E-state index contributed by atoms with van der Waals surface area (Å²) in [6.07, 6.45) is 1.59. The minimum Gasteiger partial charge on any atom is -0.465 e. The number of anilines is 1. The van der Waals surface area contributed by atoms with Crippen LogP contribution >= 0.6 is 11.3 Å². The molecule has 7 heteroatoms. The normalized spacial score (nSPS) is 11.3. The van der Waals surface area contributed by atoms with E-state index in [9.17, 15) is 14.9 Å². The fourth-order valence-electron chi connectivity index (χ4n) is 3.74. The molecule has 0 bridgehead atoms. The van der Waals surface area contributed by atoms with E-state index in [2.05, 4.69) is 5.32 Å². The summed E-state index contributed by atoms with van der Waals surface area (Å²) in [5.74, 6) is -0.851. The number of rotatable bonds is 5. The van der Waals surface area contributed by atoms with Crippen LogP contribution in [0.4, 0.5) is 5.69 Å². The SMILES string of the molecule is COC(=O)c1c(-n2c(C)cc(/C=C(\C#N)C(=O)Nc3cccc(C)c3C)c2C)sc(C)c1C. The molecule has 1 amide bonds. The van der Waals surface area contributed by atoms with E-state index in [4.69, 9.17) is 4.74 Å². The van der Waals surface area contributed by atoms with Gasteiger partial charge < -0.3 is 14.6 Å². The van der Waals surface area contributed by atoms with Gasteiger partial charge in [0.2, 0.25) is 0 Å². The molecule has 3 rings (SSSR count). The Bertz CT molecular complexity index is 1340. The standard InChI is InChI=1S/C26H27N3O3S/c1-14-9-8-10-22(16(14)3)28-24(30)21(13-27)12-20-11-15(2)29(18(20)5)25-23(26(31)32-7)17(4)19(6)33-25/h8-12H,1-7H3,(H,28,30)/b21-12+. The number of aromatic nitrogens is 1. The summed E-state index contributed by atoms with van der Waals surface area (Å²) in [6.45, 7) is 11.6. The summed E-state index contributed by atoms with van der Waals surface area (Å²) in [5, 5.41) is 13.3. The van der Waals surface area contributed by atoms with Gasteiger partial charge in [-0.15, -0.1) is 11.3 Å². The molecule has 2 aromatic heterocycles. The highest BCUT2D eigenvalue weighted by atomic mass is 32.1. The number of hydrogen-bond donors (Lipinski definition) is 1. The molecule has 0 aliphatic rings. The topological polar surface area (TPSA) is 84.1 Å². The maximum absolute atomic E-state index is 12.8. The molecule has 170 valence electrons. The number of aryl methyl sites for hydroxylation is 3. The van der Waals surface area contributed by atoms with Crippen LogP contribution in [0.2, 0.25) is 0 Å². The molecule has 0 aliphatic heterocycles. The van der Waals surface area contributed by atoms with E-state index < -0.39 is 5.91 Å². The highest BCUT2D eigenvalue weighted by molar-refractivity contribution is 7.15. The van der Waals surface area contributed by atoms with Crippen LogP contribution in [0.3, 0.4) is 0 Å². The summed E-state index contributed by atoms with van der Waals surface area (Å²) < 4.78 is 6.99. The lowest BCUT2D eigenvalue weighted by Crippen LogP contribution is -2.14. The highest BCUT2D eigenvalue weighted by Gasteiger charge is 2.24. The number of ether oxygens (including phenoxy) is 1. The second-order valence-electron chi connectivity index (χ2n) is 7.99. The van der Waals surface area contributed by atoms with Crippen molar-refractivity contribution in [3.63, 3.8) is 0 Å². The third-order valence-corrected chi connectivity index (χ3v) is 7.14. The van der Waals surface area contributed by atoms with Gasteiger partial charge in [0.05, 0.1) is 12.7 Å². The van der Waals surface area contributed by atoms with Gasteiger partial charge in [-0.3, -0.25) is 4.79 Å². The molecule has 3 aromatic rings. The average molecular weight is 462 g/mol. The van der Waals surface area contributed by atoms with Gasteiger partial charge in [-0.2, -0.15) is 5.26 Å².